The van der Waals surface area contributed by atoms with Gasteiger partial charge in [0.05, 0.1) is 12.1 Å². The van der Waals surface area contributed by atoms with Gasteiger partial charge in [-0.1, -0.05) is 0 Å². The van der Waals surface area contributed by atoms with Crippen LogP contribution in [0.5, 0.6) is 0 Å². The highest BCUT2D eigenvalue weighted by Gasteiger charge is 2.14. The van der Waals surface area contributed by atoms with Crippen molar-refractivity contribution in [1.82, 2.24) is 5.32 Å². The number of rotatable bonds is 4. The van der Waals surface area contributed by atoms with Crippen molar-refractivity contribution in [3.8, 4) is 0 Å². The van der Waals surface area contributed by atoms with Gasteiger partial charge >= 0.3 is 0 Å². The molecule has 0 bridgehead atoms. The second-order valence-electron chi connectivity index (χ2n) is 3.60. The standard InChI is InChI=1S/C9H17NO2/c1-7(5-8(2)12)10-9(3,4)6-11/h5,10-11H,6H2,1-4H3/b7-5+. The smallest absolute Gasteiger partial charge is 0.154 e. The summed E-state index contributed by atoms with van der Waals surface area (Å²) in [5.41, 5.74) is 0.414. The van der Waals surface area contributed by atoms with Crippen LogP contribution < -0.4 is 5.32 Å². The first-order valence-electron chi connectivity index (χ1n) is 3.95. The average Bonchev–Trinajstić information content (AvgIpc) is 1.84. The molecule has 0 saturated carbocycles. The number of carbonyl (C=O) groups is 1. The van der Waals surface area contributed by atoms with Gasteiger partial charge in [-0.2, -0.15) is 0 Å². The molecule has 0 aliphatic heterocycles. The minimum atomic E-state index is -0.365. The highest BCUT2D eigenvalue weighted by Crippen LogP contribution is 2.03. The van der Waals surface area contributed by atoms with Crippen LogP contribution in [0.3, 0.4) is 0 Å². The highest BCUT2D eigenvalue weighted by molar-refractivity contribution is 5.87. The van der Waals surface area contributed by atoms with Crippen molar-refractivity contribution >= 4 is 5.78 Å². The summed E-state index contributed by atoms with van der Waals surface area (Å²) < 4.78 is 0. The molecule has 0 aromatic heterocycles. The third kappa shape index (κ3) is 4.91. The molecule has 0 unspecified atom stereocenters. The number of hydrogen-bond donors (Lipinski definition) is 2. The van der Waals surface area contributed by atoms with Crippen molar-refractivity contribution in [3.05, 3.63) is 11.8 Å². The molecule has 0 heterocycles. The highest BCUT2D eigenvalue weighted by atomic mass is 16.3. The van der Waals surface area contributed by atoms with E-state index in [1.807, 2.05) is 13.8 Å². The lowest BCUT2D eigenvalue weighted by molar-refractivity contribution is -0.112. The lowest BCUT2D eigenvalue weighted by atomic mass is 10.1. The van der Waals surface area contributed by atoms with E-state index in [2.05, 4.69) is 5.32 Å². The summed E-state index contributed by atoms with van der Waals surface area (Å²) in [6, 6.07) is 0. The van der Waals surface area contributed by atoms with Gasteiger partial charge in [0, 0.05) is 5.70 Å². The second kappa shape index (κ2) is 4.26. The van der Waals surface area contributed by atoms with E-state index >= 15 is 0 Å². The van der Waals surface area contributed by atoms with E-state index < -0.39 is 0 Å². The maximum Gasteiger partial charge on any atom is 0.154 e. The van der Waals surface area contributed by atoms with Crippen LogP contribution in [0, 0.1) is 0 Å². The fourth-order valence-electron chi connectivity index (χ4n) is 0.914. The number of hydrogen-bond acceptors (Lipinski definition) is 3. The maximum absolute atomic E-state index is 10.6. The number of allylic oxidation sites excluding steroid dienone is 2. The Labute approximate surface area is 73.5 Å². The Morgan fingerprint density at radius 3 is 2.33 bits per heavy atom. The number of carbonyl (C=O) groups excluding carboxylic acids is 1. The van der Waals surface area contributed by atoms with Crippen molar-refractivity contribution in [1.29, 1.82) is 0 Å². The van der Waals surface area contributed by atoms with E-state index in [9.17, 15) is 4.79 Å². The van der Waals surface area contributed by atoms with E-state index in [0.29, 0.717) is 0 Å². The van der Waals surface area contributed by atoms with Crippen LogP contribution in [0.25, 0.3) is 0 Å². The number of nitrogens with one attached hydrogen (secondary N) is 1. The Kier molecular flexibility index (Phi) is 3.96. The van der Waals surface area contributed by atoms with E-state index in [1.54, 1.807) is 6.92 Å². The van der Waals surface area contributed by atoms with Gasteiger partial charge in [-0.3, -0.25) is 4.79 Å². The molecule has 0 atom stereocenters. The largest absolute Gasteiger partial charge is 0.394 e. The lowest BCUT2D eigenvalue weighted by Crippen LogP contribution is -2.41. The SMILES string of the molecule is CC(=O)/C=C(\C)NC(C)(C)CO. The summed E-state index contributed by atoms with van der Waals surface area (Å²) in [6.45, 7) is 7.07. The van der Waals surface area contributed by atoms with Gasteiger partial charge in [-0.15, -0.1) is 0 Å². The molecule has 0 rings (SSSR count). The maximum atomic E-state index is 10.6. The molecular weight excluding hydrogens is 154 g/mol. The molecule has 70 valence electrons. The summed E-state index contributed by atoms with van der Waals surface area (Å²) in [6.07, 6.45) is 1.51. The van der Waals surface area contributed by atoms with Crippen LogP contribution >= 0.6 is 0 Å². The Morgan fingerprint density at radius 2 is 2.00 bits per heavy atom. The molecule has 2 N–H and O–H groups in total. The molecule has 0 fully saturated rings. The van der Waals surface area contributed by atoms with Crippen LogP contribution in [0.2, 0.25) is 0 Å². The monoisotopic (exact) mass is 171 g/mol. The van der Waals surface area contributed by atoms with Gasteiger partial charge in [0.15, 0.2) is 5.78 Å². The van der Waals surface area contributed by atoms with Gasteiger partial charge in [0.1, 0.15) is 0 Å². The van der Waals surface area contributed by atoms with Crippen molar-refractivity contribution in [2.24, 2.45) is 0 Å². The summed E-state index contributed by atoms with van der Waals surface area (Å²) >= 11 is 0. The zero-order chi connectivity index (χ0) is 9.78. The third-order valence-electron chi connectivity index (χ3n) is 1.35. The van der Waals surface area contributed by atoms with Gasteiger partial charge in [-0.05, 0) is 33.8 Å². The zero-order valence-electron chi connectivity index (χ0n) is 8.14. The Hall–Kier alpha value is -0.830. The summed E-state index contributed by atoms with van der Waals surface area (Å²) in [5.74, 6) is 0.00809. The Balaban J connectivity index is 4.17. The molecule has 0 aromatic carbocycles. The van der Waals surface area contributed by atoms with Crippen LogP contribution in [0.1, 0.15) is 27.7 Å². The van der Waals surface area contributed by atoms with Crippen LogP contribution in [-0.4, -0.2) is 23.0 Å². The molecule has 0 radical (unpaired) electrons. The van der Waals surface area contributed by atoms with Gasteiger partial charge in [0.25, 0.3) is 0 Å². The van der Waals surface area contributed by atoms with Crippen molar-refractivity contribution in [2.45, 2.75) is 33.2 Å². The minimum absolute atomic E-state index is 0.00809. The van der Waals surface area contributed by atoms with Crippen LogP contribution in [0.4, 0.5) is 0 Å². The molecule has 3 heteroatoms. The molecule has 0 aromatic rings. The molecular formula is C9H17NO2. The van der Waals surface area contributed by atoms with E-state index in [0.717, 1.165) is 5.70 Å². The normalized spacial score (nSPS) is 12.9. The zero-order valence-corrected chi connectivity index (χ0v) is 8.14. The first kappa shape index (κ1) is 11.2. The number of ketones is 1. The summed E-state index contributed by atoms with van der Waals surface area (Å²) in [5, 5.41) is 11.9. The van der Waals surface area contributed by atoms with Crippen molar-refractivity contribution in [3.63, 3.8) is 0 Å². The van der Waals surface area contributed by atoms with Gasteiger partial charge < -0.3 is 10.4 Å². The quantitative estimate of drug-likeness (QED) is 0.616. The third-order valence-corrected chi connectivity index (χ3v) is 1.35. The fourth-order valence-corrected chi connectivity index (χ4v) is 0.914. The van der Waals surface area contributed by atoms with Gasteiger partial charge in [-0.25, -0.2) is 0 Å². The second-order valence-corrected chi connectivity index (χ2v) is 3.60. The minimum Gasteiger partial charge on any atom is -0.394 e. The molecule has 0 saturated heterocycles. The first-order valence-corrected chi connectivity index (χ1v) is 3.95. The average molecular weight is 171 g/mol. The topological polar surface area (TPSA) is 49.3 Å². The predicted molar refractivity (Wildman–Crippen MR) is 48.7 cm³/mol. The fraction of sp³-hybridized carbons (Fsp3) is 0.667. The Bertz CT molecular complexity index is 195. The van der Waals surface area contributed by atoms with Crippen LogP contribution in [0.15, 0.2) is 11.8 Å². The van der Waals surface area contributed by atoms with Crippen LogP contribution in [-0.2, 0) is 4.79 Å². The Morgan fingerprint density at radius 1 is 1.50 bits per heavy atom. The number of aliphatic hydroxyl groups excluding tert-OH is 1. The molecule has 0 aliphatic carbocycles. The van der Waals surface area contributed by atoms with E-state index in [1.165, 1.54) is 13.0 Å². The molecule has 0 spiro atoms. The summed E-state index contributed by atoms with van der Waals surface area (Å²) in [7, 11) is 0. The molecule has 0 aliphatic rings. The van der Waals surface area contributed by atoms with Gasteiger partial charge in [0.2, 0.25) is 0 Å². The molecule has 3 nitrogen and oxygen atoms in total. The lowest BCUT2D eigenvalue weighted by Gasteiger charge is -2.25. The van der Waals surface area contributed by atoms with Crippen molar-refractivity contribution in [2.75, 3.05) is 6.61 Å². The van der Waals surface area contributed by atoms with Crippen molar-refractivity contribution < 1.29 is 9.90 Å². The van der Waals surface area contributed by atoms with E-state index in [4.69, 9.17) is 5.11 Å². The summed E-state index contributed by atoms with van der Waals surface area (Å²) in [4.78, 5) is 10.6. The predicted octanol–water partition coefficient (Wildman–Crippen LogP) is 0.840. The first-order chi connectivity index (χ1) is 5.37. The van der Waals surface area contributed by atoms with E-state index in [-0.39, 0.29) is 17.9 Å². The molecule has 0 amide bonds. The molecule has 12 heavy (non-hydrogen) atoms. The number of aliphatic hydroxyl groups is 1.